The van der Waals surface area contributed by atoms with Crippen LogP contribution in [0.15, 0.2) is 6.20 Å². The van der Waals surface area contributed by atoms with E-state index in [1.165, 1.54) is 0 Å². The van der Waals surface area contributed by atoms with E-state index in [1.807, 2.05) is 22.6 Å². The molecule has 0 bridgehead atoms. The number of aromatic nitrogens is 2. The van der Waals surface area contributed by atoms with E-state index in [2.05, 4.69) is 9.97 Å². The van der Waals surface area contributed by atoms with Crippen LogP contribution in [0.2, 0.25) is 0 Å². The molecule has 3 nitrogen and oxygen atoms in total. The maximum atomic E-state index is 10.2. The number of hydrogen-bond donors (Lipinski definition) is 0. The maximum absolute atomic E-state index is 10.2. The molecule has 0 aliphatic rings. The van der Waals surface area contributed by atoms with Gasteiger partial charge < -0.3 is 0 Å². The van der Waals surface area contributed by atoms with Crippen molar-refractivity contribution < 1.29 is 4.79 Å². The first-order chi connectivity index (χ1) is 4.74. The van der Waals surface area contributed by atoms with Crippen molar-refractivity contribution in [2.45, 2.75) is 6.92 Å². The van der Waals surface area contributed by atoms with Crippen molar-refractivity contribution in [1.29, 1.82) is 0 Å². The fraction of sp³-hybridized carbons (Fsp3) is 0.167. The predicted molar refractivity (Wildman–Crippen MR) is 44.9 cm³/mol. The summed E-state index contributed by atoms with van der Waals surface area (Å²) in [5.41, 5.74) is 1.10. The van der Waals surface area contributed by atoms with Gasteiger partial charge in [0.2, 0.25) is 0 Å². The van der Waals surface area contributed by atoms with Gasteiger partial charge in [-0.3, -0.25) is 4.79 Å². The SMILES string of the molecule is Cc1nc(I)cnc1C=O. The Morgan fingerprint density at radius 3 is 2.90 bits per heavy atom. The van der Waals surface area contributed by atoms with Crippen LogP contribution in [0.1, 0.15) is 16.2 Å². The quantitative estimate of drug-likeness (QED) is 0.554. The minimum atomic E-state index is 0.417. The largest absolute Gasteiger partial charge is 0.296 e. The molecular weight excluding hydrogens is 243 g/mol. The minimum absolute atomic E-state index is 0.417. The van der Waals surface area contributed by atoms with Crippen molar-refractivity contribution in [3.63, 3.8) is 0 Å². The summed E-state index contributed by atoms with van der Waals surface area (Å²) in [5, 5.41) is 0. The highest BCUT2D eigenvalue weighted by molar-refractivity contribution is 14.1. The normalized spacial score (nSPS) is 9.40. The van der Waals surface area contributed by atoms with Crippen LogP contribution in [-0.4, -0.2) is 16.3 Å². The lowest BCUT2D eigenvalue weighted by atomic mass is 10.3. The number of aldehydes is 1. The van der Waals surface area contributed by atoms with E-state index >= 15 is 0 Å². The van der Waals surface area contributed by atoms with E-state index in [0.717, 1.165) is 3.70 Å². The van der Waals surface area contributed by atoms with Crippen LogP contribution in [0, 0.1) is 10.6 Å². The van der Waals surface area contributed by atoms with Gasteiger partial charge in [-0.05, 0) is 29.5 Å². The van der Waals surface area contributed by atoms with Crippen molar-refractivity contribution in [1.82, 2.24) is 9.97 Å². The first-order valence-electron chi connectivity index (χ1n) is 2.68. The smallest absolute Gasteiger partial charge is 0.170 e. The predicted octanol–water partition coefficient (Wildman–Crippen LogP) is 1.20. The van der Waals surface area contributed by atoms with Gasteiger partial charge in [-0.1, -0.05) is 0 Å². The molecule has 1 rings (SSSR count). The van der Waals surface area contributed by atoms with Crippen molar-refractivity contribution in [2.75, 3.05) is 0 Å². The monoisotopic (exact) mass is 248 g/mol. The summed E-state index contributed by atoms with van der Waals surface area (Å²) in [6.07, 6.45) is 2.27. The molecule has 1 heterocycles. The molecule has 0 spiro atoms. The van der Waals surface area contributed by atoms with E-state index in [9.17, 15) is 4.79 Å². The zero-order chi connectivity index (χ0) is 7.56. The molecule has 0 fully saturated rings. The number of halogens is 1. The van der Waals surface area contributed by atoms with Gasteiger partial charge in [-0.15, -0.1) is 0 Å². The number of aryl methyl sites for hydroxylation is 1. The van der Waals surface area contributed by atoms with Gasteiger partial charge >= 0.3 is 0 Å². The zero-order valence-corrected chi connectivity index (χ0v) is 7.49. The van der Waals surface area contributed by atoms with Gasteiger partial charge in [0, 0.05) is 0 Å². The van der Waals surface area contributed by atoms with Crippen LogP contribution in [0.4, 0.5) is 0 Å². The Morgan fingerprint density at radius 1 is 1.70 bits per heavy atom. The summed E-state index contributed by atoms with van der Waals surface area (Å²) in [7, 11) is 0. The van der Waals surface area contributed by atoms with E-state index in [4.69, 9.17) is 0 Å². The molecule has 0 amide bonds. The Kier molecular flexibility index (Phi) is 2.31. The fourth-order valence-corrected chi connectivity index (χ4v) is 1.08. The lowest BCUT2D eigenvalue weighted by molar-refractivity contribution is 0.111. The molecule has 0 aromatic carbocycles. The molecule has 0 unspecified atom stereocenters. The second-order valence-electron chi connectivity index (χ2n) is 1.78. The van der Waals surface area contributed by atoms with Gasteiger partial charge in [0.25, 0.3) is 0 Å². The molecule has 0 N–H and O–H groups in total. The second kappa shape index (κ2) is 3.05. The Hall–Kier alpha value is -0.520. The first kappa shape index (κ1) is 7.59. The molecular formula is C6H5IN2O. The summed E-state index contributed by atoms with van der Waals surface area (Å²) >= 11 is 2.05. The van der Waals surface area contributed by atoms with Crippen LogP contribution < -0.4 is 0 Å². The maximum Gasteiger partial charge on any atom is 0.170 e. The molecule has 0 aliphatic carbocycles. The molecule has 0 saturated carbocycles. The number of hydrogen-bond acceptors (Lipinski definition) is 3. The topological polar surface area (TPSA) is 42.9 Å². The number of nitrogens with zero attached hydrogens (tertiary/aromatic N) is 2. The van der Waals surface area contributed by atoms with Gasteiger partial charge in [0.15, 0.2) is 6.29 Å². The van der Waals surface area contributed by atoms with Gasteiger partial charge in [-0.25, -0.2) is 9.97 Å². The van der Waals surface area contributed by atoms with E-state index < -0.39 is 0 Å². The third-order valence-electron chi connectivity index (χ3n) is 1.07. The molecule has 0 atom stereocenters. The molecule has 0 radical (unpaired) electrons. The second-order valence-corrected chi connectivity index (χ2v) is 2.89. The Balaban J connectivity index is 3.19. The minimum Gasteiger partial charge on any atom is -0.296 e. The molecule has 52 valence electrons. The summed E-state index contributed by atoms with van der Waals surface area (Å²) in [4.78, 5) is 18.1. The Morgan fingerprint density at radius 2 is 2.40 bits per heavy atom. The van der Waals surface area contributed by atoms with Crippen LogP contribution in [-0.2, 0) is 0 Å². The van der Waals surface area contributed by atoms with E-state index in [0.29, 0.717) is 17.7 Å². The van der Waals surface area contributed by atoms with Gasteiger partial charge in [0.1, 0.15) is 9.39 Å². The Labute approximate surface area is 72.0 Å². The lowest BCUT2D eigenvalue weighted by Crippen LogP contribution is -1.96. The average Bonchev–Trinajstić information content (AvgIpc) is 1.88. The molecule has 0 saturated heterocycles. The Bertz CT molecular complexity index is 262. The van der Waals surface area contributed by atoms with Crippen LogP contribution >= 0.6 is 22.6 Å². The van der Waals surface area contributed by atoms with Crippen LogP contribution in [0.25, 0.3) is 0 Å². The summed E-state index contributed by atoms with van der Waals surface area (Å²) < 4.78 is 0.806. The van der Waals surface area contributed by atoms with Crippen LogP contribution in [0.5, 0.6) is 0 Å². The number of rotatable bonds is 1. The lowest BCUT2D eigenvalue weighted by Gasteiger charge is -1.94. The standard InChI is InChI=1S/C6H5IN2O/c1-4-5(3-10)8-2-6(7)9-4/h2-3H,1H3. The summed E-state index contributed by atoms with van der Waals surface area (Å²) in [5.74, 6) is 0. The third kappa shape index (κ3) is 1.50. The highest BCUT2D eigenvalue weighted by atomic mass is 127. The highest BCUT2D eigenvalue weighted by Gasteiger charge is 1.98. The van der Waals surface area contributed by atoms with Crippen molar-refractivity contribution >= 4 is 28.9 Å². The van der Waals surface area contributed by atoms with Crippen molar-refractivity contribution in [3.05, 3.63) is 21.3 Å². The molecule has 4 heteroatoms. The van der Waals surface area contributed by atoms with Crippen LogP contribution in [0.3, 0.4) is 0 Å². The van der Waals surface area contributed by atoms with Gasteiger partial charge in [-0.2, -0.15) is 0 Å². The molecule has 1 aromatic rings. The summed E-state index contributed by atoms with van der Waals surface area (Å²) in [6, 6.07) is 0. The highest BCUT2D eigenvalue weighted by Crippen LogP contribution is 2.01. The third-order valence-corrected chi connectivity index (χ3v) is 1.59. The summed E-state index contributed by atoms with van der Waals surface area (Å²) in [6.45, 7) is 1.76. The molecule has 0 aliphatic heterocycles. The van der Waals surface area contributed by atoms with Crippen molar-refractivity contribution in [2.24, 2.45) is 0 Å². The number of carbonyl (C=O) groups excluding carboxylic acids is 1. The van der Waals surface area contributed by atoms with E-state index in [-0.39, 0.29) is 0 Å². The fourth-order valence-electron chi connectivity index (χ4n) is 0.578. The zero-order valence-electron chi connectivity index (χ0n) is 5.34. The first-order valence-corrected chi connectivity index (χ1v) is 3.76. The van der Waals surface area contributed by atoms with Gasteiger partial charge in [0.05, 0.1) is 11.9 Å². The number of carbonyl (C=O) groups is 1. The van der Waals surface area contributed by atoms with E-state index in [1.54, 1.807) is 13.1 Å². The average molecular weight is 248 g/mol. The molecule has 1 aromatic heterocycles. The van der Waals surface area contributed by atoms with Crippen molar-refractivity contribution in [3.8, 4) is 0 Å². The molecule has 10 heavy (non-hydrogen) atoms.